The van der Waals surface area contributed by atoms with Crippen LogP contribution in [0.4, 0.5) is 5.69 Å². The van der Waals surface area contributed by atoms with E-state index in [9.17, 15) is 8.42 Å². The molecule has 3 aliphatic heterocycles. The fourth-order valence-corrected chi connectivity index (χ4v) is 11.9. The maximum atomic E-state index is 14.8. The van der Waals surface area contributed by atoms with Gasteiger partial charge in [-0.25, -0.2) is 8.42 Å². The predicted octanol–water partition coefficient (Wildman–Crippen LogP) is 11.5. The van der Waals surface area contributed by atoms with Crippen LogP contribution in [0.2, 0.25) is 0 Å². The van der Waals surface area contributed by atoms with Crippen molar-refractivity contribution in [2.45, 2.75) is 103 Å². The highest BCUT2D eigenvalue weighted by Crippen LogP contribution is 2.51. The van der Waals surface area contributed by atoms with Gasteiger partial charge in [-0.05, 0) is 101 Å². The topological polar surface area (TPSA) is 60.5 Å². The molecule has 6 aromatic rings. The van der Waals surface area contributed by atoms with Crippen molar-refractivity contribution in [2.75, 3.05) is 6.54 Å². The molecule has 0 bridgehead atoms. The zero-order valence-electron chi connectivity index (χ0n) is 34.4. The van der Waals surface area contributed by atoms with E-state index in [0.717, 1.165) is 72.5 Å². The van der Waals surface area contributed by atoms with Crippen LogP contribution in [0.1, 0.15) is 96.8 Å². The van der Waals surface area contributed by atoms with Crippen LogP contribution in [0.3, 0.4) is 0 Å². The van der Waals surface area contributed by atoms with Gasteiger partial charge in [0, 0.05) is 68.6 Å². The molecule has 0 unspecified atom stereocenters. The minimum Gasteiger partial charge on any atom is -0.482 e. The van der Waals surface area contributed by atoms with Crippen molar-refractivity contribution in [3.05, 3.63) is 135 Å². The van der Waals surface area contributed by atoms with Gasteiger partial charge in [-0.1, -0.05) is 75.2 Å². The number of rotatable bonds is 11. The van der Waals surface area contributed by atoms with Crippen molar-refractivity contribution >= 4 is 59.8 Å². The smallest absolute Gasteiger partial charge is 0.214 e. The molecule has 0 N–H and O–H groups in total. The van der Waals surface area contributed by atoms with Gasteiger partial charge in [-0.2, -0.15) is 4.58 Å². The summed E-state index contributed by atoms with van der Waals surface area (Å²) in [6.45, 7) is 14.7. The minimum atomic E-state index is -3.84. The monoisotopic (exact) mass is 787 g/mol. The second kappa shape index (κ2) is 13.3. The normalized spacial score (nSPS) is 18.7. The summed E-state index contributed by atoms with van der Waals surface area (Å²) in [5.41, 5.74) is 7.97. The molecule has 294 valence electrons. The molecule has 5 aromatic carbocycles. The van der Waals surface area contributed by atoms with E-state index in [4.69, 9.17) is 9.47 Å². The lowest BCUT2D eigenvalue weighted by atomic mass is 9.91. The van der Waals surface area contributed by atoms with Crippen molar-refractivity contribution < 1.29 is 22.5 Å². The molecule has 10 rings (SSSR count). The summed E-state index contributed by atoms with van der Waals surface area (Å²) in [5.74, 6) is 1.86. The van der Waals surface area contributed by atoms with E-state index >= 15 is 0 Å². The Balaban J connectivity index is 1.15. The van der Waals surface area contributed by atoms with Gasteiger partial charge in [0.1, 0.15) is 29.2 Å². The quantitative estimate of drug-likeness (QED) is 0.123. The zero-order valence-corrected chi connectivity index (χ0v) is 35.2. The Morgan fingerprint density at radius 2 is 1.41 bits per heavy atom. The van der Waals surface area contributed by atoms with Crippen LogP contribution in [0, 0.1) is 0 Å². The third-order valence-electron chi connectivity index (χ3n) is 12.9. The number of hydrogen-bond donors (Lipinski definition) is 0. The first-order chi connectivity index (χ1) is 27.9. The van der Waals surface area contributed by atoms with Gasteiger partial charge in [-0.15, -0.1) is 0 Å². The van der Waals surface area contributed by atoms with Gasteiger partial charge in [0.15, 0.2) is 0 Å². The Bertz CT molecular complexity index is 3030. The van der Waals surface area contributed by atoms with Gasteiger partial charge < -0.3 is 14.0 Å². The van der Waals surface area contributed by atoms with Crippen LogP contribution in [-0.4, -0.2) is 29.8 Å². The lowest BCUT2D eigenvalue weighted by Gasteiger charge is -2.19. The van der Waals surface area contributed by atoms with Crippen molar-refractivity contribution in [2.24, 2.45) is 0 Å². The molecular formula is C51H51N2O4S+. The van der Waals surface area contributed by atoms with E-state index < -0.39 is 21.0 Å². The van der Waals surface area contributed by atoms with Crippen molar-refractivity contribution in [1.82, 2.24) is 4.57 Å². The van der Waals surface area contributed by atoms with Gasteiger partial charge in [0.2, 0.25) is 21.2 Å². The standard InChI is InChI=1S/C51H51N2O4S/c1-7-9-30-52-39(35-20-22-37-47-43(56-50(37,3)4)28-26-41(52)45(35)47)24-18-32-16-17-33(49(32)58(54,55)34-14-12-11-13-15-34)19-25-40-36-21-23-38-48-44(57-51(38,5)6)29-27-42(46(36)48)53(40)31-10-8-2/h11-15,18-29H,7-10,16-17,30-31H2,1-6H3/q+1. The lowest BCUT2D eigenvalue weighted by molar-refractivity contribution is -0.436. The van der Waals surface area contributed by atoms with Crippen LogP contribution < -0.4 is 14.8 Å². The summed E-state index contributed by atoms with van der Waals surface area (Å²) in [6, 6.07) is 26.5. The van der Waals surface area contributed by atoms with Crippen LogP contribution in [0.25, 0.3) is 38.5 Å². The van der Waals surface area contributed by atoms with Crippen molar-refractivity contribution in [1.29, 1.82) is 0 Å². The van der Waals surface area contributed by atoms with E-state index in [1.807, 2.05) is 18.2 Å². The van der Waals surface area contributed by atoms with Crippen LogP contribution >= 0.6 is 0 Å². The Morgan fingerprint density at radius 3 is 2.14 bits per heavy atom. The van der Waals surface area contributed by atoms with Crippen molar-refractivity contribution in [3.63, 3.8) is 0 Å². The number of sulfone groups is 1. The first-order valence-electron chi connectivity index (χ1n) is 21.1. The summed E-state index contributed by atoms with van der Waals surface area (Å²) in [6.07, 6.45) is 14.0. The number of hydrogen-bond acceptors (Lipinski definition) is 4. The predicted molar refractivity (Wildman–Crippen MR) is 236 cm³/mol. The number of aryl methyl sites for hydroxylation is 1. The summed E-state index contributed by atoms with van der Waals surface area (Å²) in [5, 5.41) is 7.11. The Labute approximate surface area is 341 Å². The molecule has 0 spiro atoms. The summed E-state index contributed by atoms with van der Waals surface area (Å²) in [7, 11) is -3.84. The average molecular weight is 788 g/mol. The number of unbranched alkanes of at least 4 members (excludes halogenated alkanes) is 2. The molecule has 0 saturated carbocycles. The fourth-order valence-electron chi connectivity index (χ4n) is 10.1. The number of allylic oxidation sites excluding steroid dienone is 5. The Hall–Kier alpha value is -5.40. The number of ether oxygens (including phenoxy) is 2. The minimum absolute atomic E-state index is 0.316. The highest BCUT2D eigenvalue weighted by atomic mass is 32.2. The molecule has 6 nitrogen and oxygen atoms in total. The van der Waals surface area contributed by atoms with Gasteiger partial charge >= 0.3 is 0 Å². The SMILES string of the molecule is CCCCn1/c(=C/C=C2\CCC(/C=C/C3=[N+](CCCC)c4ccc5c6c(ccc3c46)C(C)(C)O5)=C2S(=O)(=O)c2ccccc2)c2ccc3c4c(ccc1c42)OC3(C)C. The molecule has 4 aliphatic rings. The molecule has 7 heteroatoms. The number of benzene rings is 5. The largest absolute Gasteiger partial charge is 0.482 e. The first kappa shape index (κ1) is 36.9. The van der Waals surface area contributed by atoms with Gasteiger partial charge in [0.25, 0.3) is 0 Å². The molecule has 0 fully saturated rings. The van der Waals surface area contributed by atoms with Gasteiger partial charge in [0.05, 0.1) is 20.8 Å². The molecule has 1 aliphatic carbocycles. The Morgan fingerprint density at radius 1 is 0.724 bits per heavy atom. The van der Waals surface area contributed by atoms with E-state index in [0.29, 0.717) is 22.6 Å². The molecule has 0 atom stereocenters. The third kappa shape index (κ3) is 5.42. The van der Waals surface area contributed by atoms with Crippen LogP contribution in [0.5, 0.6) is 11.5 Å². The summed E-state index contributed by atoms with van der Waals surface area (Å²) >= 11 is 0. The Kier molecular flexibility index (Phi) is 8.47. The number of nitrogens with zero attached hydrogens (tertiary/aromatic N) is 2. The maximum Gasteiger partial charge on any atom is 0.214 e. The maximum absolute atomic E-state index is 14.8. The van der Waals surface area contributed by atoms with Crippen molar-refractivity contribution in [3.8, 4) is 11.5 Å². The van der Waals surface area contributed by atoms with Gasteiger partial charge in [-0.3, -0.25) is 0 Å². The zero-order chi connectivity index (χ0) is 40.1. The van der Waals surface area contributed by atoms with E-state index in [-0.39, 0.29) is 0 Å². The molecular weight excluding hydrogens is 737 g/mol. The second-order valence-corrected chi connectivity index (χ2v) is 19.2. The molecule has 58 heavy (non-hydrogen) atoms. The van der Waals surface area contributed by atoms with E-state index in [1.165, 1.54) is 54.8 Å². The molecule has 0 amide bonds. The molecule has 0 radical (unpaired) electrons. The highest BCUT2D eigenvalue weighted by Gasteiger charge is 2.40. The van der Waals surface area contributed by atoms with Crippen LogP contribution in [0.15, 0.2) is 118 Å². The van der Waals surface area contributed by atoms with E-state index in [1.54, 1.807) is 12.1 Å². The highest BCUT2D eigenvalue weighted by molar-refractivity contribution is 7.95. The second-order valence-electron chi connectivity index (χ2n) is 17.4. The van der Waals surface area contributed by atoms with E-state index in [2.05, 4.69) is 124 Å². The fraction of sp³-hybridized carbons (Fsp3) is 0.314. The third-order valence-corrected chi connectivity index (χ3v) is 14.8. The average Bonchev–Trinajstić information content (AvgIpc) is 3.98. The van der Waals surface area contributed by atoms with Crippen LogP contribution in [-0.2, 0) is 27.6 Å². The lowest BCUT2D eigenvalue weighted by Crippen LogP contribution is -2.20. The summed E-state index contributed by atoms with van der Waals surface area (Å²) < 4.78 is 47.3. The number of aromatic nitrogens is 1. The molecule has 1 aromatic heterocycles. The molecule has 0 saturated heterocycles. The first-order valence-corrected chi connectivity index (χ1v) is 22.6. The summed E-state index contributed by atoms with van der Waals surface area (Å²) in [4.78, 5) is 0.738. The molecule has 4 heterocycles.